The van der Waals surface area contributed by atoms with Gasteiger partial charge >= 0.3 is 0 Å². The first-order valence-corrected chi connectivity index (χ1v) is 9.45. The molecule has 2 saturated heterocycles. The Morgan fingerprint density at radius 2 is 2.00 bits per heavy atom. The van der Waals surface area contributed by atoms with E-state index in [1.165, 1.54) is 6.42 Å². The highest BCUT2D eigenvalue weighted by atomic mass is 32.2. The van der Waals surface area contributed by atoms with Crippen molar-refractivity contribution in [1.82, 2.24) is 9.21 Å². The van der Waals surface area contributed by atoms with Crippen molar-refractivity contribution in [1.29, 1.82) is 0 Å². The van der Waals surface area contributed by atoms with Gasteiger partial charge in [0.1, 0.15) is 0 Å². The maximum Gasteiger partial charge on any atom is 0.243 e. The molecule has 2 unspecified atom stereocenters. The molecule has 22 heavy (non-hydrogen) atoms. The van der Waals surface area contributed by atoms with E-state index in [0.717, 1.165) is 30.6 Å². The van der Waals surface area contributed by atoms with Crippen LogP contribution in [0.4, 0.5) is 0 Å². The van der Waals surface area contributed by atoms with Crippen molar-refractivity contribution in [3.8, 4) is 0 Å². The number of hydrogen-bond acceptors (Lipinski definition) is 4. The largest absolute Gasteiger partial charge is 0.372 e. The zero-order valence-electron chi connectivity index (χ0n) is 12.9. The molecule has 3 aliphatic heterocycles. The fourth-order valence-corrected chi connectivity index (χ4v) is 5.65. The zero-order chi connectivity index (χ0) is 15.3. The number of fused-ring (bicyclic) bond motifs is 2. The van der Waals surface area contributed by atoms with Gasteiger partial charge in [-0.25, -0.2) is 8.42 Å². The van der Waals surface area contributed by atoms with Gasteiger partial charge < -0.3 is 4.74 Å². The lowest BCUT2D eigenvalue weighted by Crippen LogP contribution is -2.56. The molecule has 0 bridgehead atoms. The number of rotatable bonds is 2. The number of hydrogen-bond donors (Lipinski definition) is 0. The van der Waals surface area contributed by atoms with Crippen LogP contribution in [0, 0.1) is 0 Å². The van der Waals surface area contributed by atoms with E-state index in [1.54, 1.807) is 16.4 Å². The summed E-state index contributed by atoms with van der Waals surface area (Å²) in [7, 11) is -3.42. The van der Waals surface area contributed by atoms with Gasteiger partial charge in [0.25, 0.3) is 0 Å². The molecule has 3 heterocycles. The third-order valence-corrected chi connectivity index (χ3v) is 7.16. The molecule has 0 amide bonds. The molecular weight excluding hydrogens is 300 g/mol. The summed E-state index contributed by atoms with van der Waals surface area (Å²) in [5.41, 5.74) is 2.11. The minimum absolute atomic E-state index is 0.0313. The molecule has 2 fully saturated rings. The monoisotopic (exact) mass is 322 g/mol. The van der Waals surface area contributed by atoms with Crippen LogP contribution in [-0.4, -0.2) is 49.3 Å². The Balaban J connectivity index is 1.65. The Kier molecular flexibility index (Phi) is 3.52. The van der Waals surface area contributed by atoms with E-state index in [0.29, 0.717) is 30.7 Å². The molecule has 6 heteroatoms. The second-order valence-corrected chi connectivity index (χ2v) is 8.53. The van der Waals surface area contributed by atoms with Crippen LogP contribution in [0.15, 0.2) is 23.1 Å². The number of sulfonamides is 1. The van der Waals surface area contributed by atoms with Gasteiger partial charge in [-0.3, -0.25) is 4.90 Å². The molecule has 0 saturated carbocycles. The maximum atomic E-state index is 13.1. The number of nitrogens with zero attached hydrogens (tertiary/aromatic N) is 2. The molecule has 0 aliphatic carbocycles. The van der Waals surface area contributed by atoms with Gasteiger partial charge in [0.15, 0.2) is 0 Å². The fraction of sp³-hybridized carbons (Fsp3) is 0.625. The third kappa shape index (κ3) is 2.29. The van der Waals surface area contributed by atoms with Gasteiger partial charge in [-0.2, -0.15) is 4.31 Å². The third-order valence-electron chi connectivity index (χ3n) is 5.18. The van der Waals surface area contributed by atoms with Gasteiger partial charge in [0.05, 0.1) is 18.1 Å². The first kappa shape index (κ1) is 14.6. The van der Waals surface area contributed by atoms with Gasteiger partial charge in [0, 0.05) is 25.2 Å². The van der Waals surface area contributed by atoms with Crippen molar-refractivity contribution >= 4 is 10.0 Å². The molecule has 4 rings (SSSR count). The summed E-state index contributed by atoms with van der Waals surface area (Å²) < 4.78 is 33.2. The normalized spacial score (nSPS) is 29.5. The standard InChI is InChI=1S/C16H22N2O3S/c1-12-8-17-6-2-3-15(17)9-18(12)22(19,20)16-5-4-13-10-21-11-14(13)7-16/h4-5,7,12,15H,2-3,6,8-11H2,1H3. The van der Waals surface area contributed by atoms with Crippen LogP contribution in [0.25, 0.3) is 0 Å². The molecule has 1 aromatic rings. The lowest BCUT2D eigenvalue weighted by atomic mass is 10.1. The molecule has 0 aromatic heterocycles. The van der Waals surface area contributed by atoms with Crippen molar-refractivity contribution in [3.63, 3.8) is 0 Å². The van der Waals surface area contributed by atoms with Gasteiger partial charge in [-0.1, -0.05) is 6.07 Å². The molecule has 5 nitrogen and oxygen atoms in total. The van der Waals surface area contributed by atoms with E-state index in [-0.39, 0.29) is 6.04 Å². The van der Waals surface area contributed by atoms with E-state index < -0.39 is 10.0 Å². The second kappa shape index (κ2) is 5.30. The highest BCUT2D eigenvalue weighted by molar-refractivity contribution is 7.89. The van der Waals surface area contributed by atoms with Gasteiger partial charge in [0.2, 0.25) is 10.0 Å². The molecule has 0 radical (unpaired) electrons. The van der Waals surface area contributed by atoms with Crippen LogP contribution in [0.5, 0.6) is 0 Å². The van der Waals surface area contributed by atoms with Crippen molar-refractivity contribution in [2.75, 3.05) is 19.6 Å². The van der Waals surface area contributed by atoms with Crippen LogP contribution >= 0.6 is 0 Å². The molecule has 0 N–H and O–H groups in total. The molecule has 120 valence electrons. The maximum absolute atomic E-state index is 13.1. The molecule has 0 spiro atoms. The first-order valence-electron chi connectivity index (χ1n) is 8.01. The fourth-order valence-electron chi connectivity index (χ4n) is 3.94. The van der Waals surface area contributed by atoms with Crippen LogP contribution in [0.1, 0.15) is 30.9 Å². The first-order chi connectivity index (χ1) is 10.6. The Labute approximate surface area is 131 Å². The van der Waals surface area contributed by atoms with Gasteiger partial charge in [-0.15, -0.1) is 0 Å². The van der Waals surface area contributed by atoms with Crippen molar-refractivity contribution in [2.24, 2.45) is 0 Å². The second-order valence-electron chi connectivity index (χ2n) is 6.64. The number of benzene rings is 1. The van der Waals surface area contributed by atoms with E-state index in [2.05, 4.69) is 4.90 Å². The average Bonchev–Trinajstić information content (AvgIpc) is 3.13. The van der Waals surface area contributed by atoms with Crippen LogP contribution in [0.2, 0.25) is 0 Å². The van der Waals surface area contributed by atoms with Crippen molar-refractivity contribution in [2.45, 2.75) is 50.0 Å². The molecule has 2 atom stereocenters. The Bertz CT molecular complexity index is 689. The average molecular weight is 322 g/mol. The summed E-state index contributed by atoms with van der Waals surface area (Å²) in [5.74, 6) is 0. The predicted molar refractivity (Wildman–Crippen MR) is 82.9 cm³/mol. The highest BCUT2D eigenvalue weighted by Gasteiger charge is 2.40. The predicted octanol–water partition coefficient (Wildman–Crippen LogP) is 1.57. The molecular formula is C16H22N2O3S. The summed E-state index contributed by atoms with van der Waals surface area (Å²) in [6, 6.07) is 5.85. The topological polar surface area (TPSA) is 49.9 Å². The van der Waals surface area contributed by atoms with E-state index in [4.69, 9.17) is 4.74 Å². The van der Waals surface area contributed by atoms with Crippen LogP contribution in [-0.2, 0) is 28.0 Å². The van der Waals surface area contributed by atoms with E-state index in [9.17, 15) is 8.42 Å². The SMILES string of the molecule is CC1CN2CCCC2CN1S(=O)(=O)c1ccc2c(c1)COC2. The number of ether oxygens (including phenoxy) is 1. The summed E-state index contributed by atoms with van der Waals surface area (Å²) in [6.07, 6.45) is 2.29. The lowest BCUT2D eigenvalue weighted by Gasteiger charge is -2.41. The highest BCUT2D eigenvalue weighted by Crippen LogP contribution is 2.30. The zero-order valence-corrected chi connectivity index (χ0v) is 13.7. The quantitative estimate of drug-likeness (QED) is 0.829. The van der Waals surface area contributed by atoms with Gasteiger partial charge in [-0.05, 0) is 49.6 Å². The van der Waals surface area contributed by atoms with Crippen molar-refractivity contribution < 1.29 is 13.2 Å². The smallest absolute Gasteiger partial charge is 0.243 e. The number of piperazine rings is 1. The Morgan fingerprint density at radius 1 is 1.18 bits per heavy atom. The summed E-state index contributed by atoms with van der Waals surface area (Å²) in [5, 5.41) is 0. The Morgan fingerprint density at radius 3 is 2.86 bits per heavy atom. The Hall–Kier alpha value is -0.950. The summed E-state index contributed by atoms with van der Waals surface area (Å²) in [6.45, 7) is 5.70. The molecule has 1 aromatic carbocycles. The van der Waals surface area contributed by atoms with Crippen molar-refractivity contribution in [3.05, 3.63) is 29.3 Å². The summed E-state index contributed by atoms with van der Waals surface area (Å²) >= 11 is 0. The van der Waals surface area contributed by atoms with E-state index >= 15 is 0 Å². The van der Waals surface area contributed by atoms with Crippen LogP contribution < -0.4 is 0 Å². The summed E-state index contributed by atoms with van der Waals surface area (Å²) in [4.78, 5) is 2.85. The minimum Gasteiger partial charge on any atom is -0.372 e. The minimum atomic E-state index is -3.42. The lowest BCUT2D eigenvalue weighted by molar-refractivity contribution is 0.117. The van der Waals surface area contributed by atoms with E-state index in [1.807, 2.05) is 13.0 Å². The van der Waals surface area contributed by atoms with Crippen LogP contribution in [0.3, 0.4) is 0 Å². The molecule has 3 aliphatic rings.